The zero-order chi connectivity index (χ0) is 11.7. The molecule has 3 heteroatoms. The van der Waals surface area contributed by atoms with Gasteiger partial charge in [0.05, 0.1) is 5.41 Å². The lowest BCUT2D eigenvalue weighted by molar-refractivity contribution is -0.126. The van der Waals surface area contributed by atoms with Gasteiger partial charge in [-0.05, 0) is 13.8 Å². The highest BCUT2D eigenvalue weighted by Crippen LogP contribution is 2.16. The van der Waals surface area contributed by atoms with Crippen LogP contribution in [0.2, 0.25) is 0 Å². The van der Waals surface area contributed by atoms with E-state index in [0.717, 1.165) is 6.42 Å². The number of aliphatic imine (C=N–C) groups is 1. The van der Waals surface area contributed by atoms with Crippen molar-refractivity contribution >= 4 is 12.1 Å². The molecule has 0 aliphatic carbocycles. The number of amides is 1. The second-order valence-corrected chi connectivity index (χ2v) is 3.76. The summed E-state index contributed by atoms with van der Waals surface area (Å²) in [6.45, 7) is 3.76. The molecule has 0 aromatic heterocycles. The van der Waals surface area contributed by atoms with Crippen LogP contribution in [0, 0.1) is 5.41 Å². The molecule has 0 bridgehead atoms. The maximum absolute atomic E-state index is 11.4. The fourth-order valence-electron chi connectivity index (χ4n) is 1.02. The minimum Gasteiger partial charge on any atom is -0.358 e. The standard InChI is InChI=1S/C12H20N2O/c1-12(2,11(15)14-4)9-7-5-6-8-10-13-3/h5-7,9-10H,8H2,1-4H3,(H,14,15)/b6-5-,9-7?,13-10?. The summed E-state index contributed by atoms with van der Waals surface area (Å²) in [5.74, 6) is 0.0160. The third-order valence-corrected chi connectivity index (χ3v) is 2.00. The van der Waals surface area contributed by atoms with E-state index in [1.165, 1.54) is 0 Å². The predicted molar refractivity (Wildman–Crippen MR) is 65.2 cm³/mol. The van der Waals surface area contributed by atoms with E-state index in [-0.39, 0.29) is 5.91 Å². The van der Waals surface area contributed by atoms with Crippen molar-refractivity contribution in [2.75, 3.05) is 14.1 Å². The highest BCUT2D eigenvalue weighted by Gasteiger charge is 2.22. The number of rotatable bonds is 5. The highest BCUT2D eigenvalue weighted by atomic mass is 16.2. The van der Waals surface area contributed by atoms with Gasteiger partial charge in [0.25, 0.3) is 0 Å². The van der Waals surface area contributed by atoms with E-state index in [2.05, 4.69) is 10.3 Å². The molecule has 0 aliphatic heterocycles. The molecule has 0 unspecified atom stereocenters. The molecular weight excluding hydrogens is 188 g/mol. The zero-order valence-electron chi connectivity index (χ0n) is 9.95. The van der Waals surface area contributed by atoms with Gasteiger partial charge in [-0.2, -0.15) is 0 Å². The molecule has 3 nitrogen and oxygen atoms in total. The molecule has 0 radical (unpaired) electrons. The van der Waals surface area contributed by atoms with Crippen LogP contribution in [-0.4, -0.2) is 26.2 Å². The Kier molecular flexibility index (Phi) is 6.34. The Hall–Kier alpha value is -1.38. The van der Waals surface area contributed by atoms with E-state index in [4.69, 9.17) is 0 Å². The van der Waals surface area contributed by atoms with Crippen molar-refractivity contribution in [1.82, 2.24) is 5.32 Å². The normalized spacial score (nSPS) is 13.1. The van der Waals surface area contributed by atoms with Crippen LogP contribution in [0.5, 0.6) is 0 Å². The van der Waals surface area contributed by atoms with Gasteiger partial charge in [0.15, 0.2) is 0 Å². The first-order chi connectivity index (χ1) is 7.04. The van der Waals surface area contributed by atoms with Crippen LogP contribution >= 0.6 is 0 Å². The van der Waals surface area contributed by atoms with Crippen molar-refractivity contribution in [3.63, 3.8) is 0 Å². The fourth-order valence-corrected chi connectivity index (χ4v) is 1.02. The third-order valence-electron chi connectivity index (χ3n) is 2.00. The van der Waals surface area contributed by atoms with Crippen LogP contribution in [0.3, 0.4) is 0 Å². The van der Waals surface area contributed by atoms with Crippen molar-refractivity contribution in [2.24, 2.45) is 10.4 Å². The second-order valence-electron chi connectivity index (χ2n) is 3.76. The minimum atomic E-state index is -0.460. The van der Waals surface area contributed by atoms with Crippen molar-refractivity contribution < 1.29 is 4.79 Å². The van der Waals surface area contributed by atoms with E-state index < -0.39 is 5.41 Å². The summed E-state index contributed by atoms with van der Waals surface area (Å²) in [5, 5.41) is 2.63. The molecule has 0 aromatic carbocycles. The van der Waals surface area contributed by atoms with Crippen molar-refractivity contribution in [3.05, 3.63) is 24.3 Å². The van der Waals surface area contributed by atoms with Gasteiger partial charge in [-0.15, -0.1) is 0 Å². The zero-order valence-corrected chi connectivity index (χ0v) is 9.95. The highest BCUT2D eigenvalue weighted by molar-refractivity contribution is 5.83. The van der Waals surface area contributed by atoms with Gasteiger partial charge < -0.3 is 10.3 Å². The van der Waals surface area contributed by atoms with Crippen LogP contribution in [-0.2, 0) is 4.79 Å². The largest absolute Gasteiger partial charge is 0.358 e. The number of hydrogen-bond acceptors (Lipinski definition) is 2. The van der Waals surface area contributed by atoms with Gasteiger partial charge in [0.2, 0.25) is 5.91 Å². The SMILES string of the molecule is CN=CC/C=C\C=CC(C)(C)C(=O)NC. The lowest BCUT2D eigenvalue weighted by Crippen LogP contribution is -2.32. The molecule has 84 valence electrons. The summed E-state index contributed by atoms with van der Waals surface area (Å²) < 4.78 is 0. The van der Waals surface area contributed by atoms with Gasteiger partial charge in [0.1, 0.15) is 0 Å². The summed E-state index contributed by atoms with van der Waals surface area (Å²) >= 11 is 0. The molecule has 0 aromatic rings. The Balaban J connectivity index is 4.15. The third kappa shape index (κ3) is 5.83. The molecular formula is C12H20N2O. The smallest absolute Gasteiger partial charge is 0.229 e. The Morgan fingerprint density at radius 2 is 2.07 bits per heavy atom. The number of allylic oxidation sites excluding steroid dienone is 3. The quantitative estimate of drug-likeness (QED) is 0.544. The predicted octanol–water partition coefficient (Wildman–Crippen LogP) is 1.96. The number of carbonyl (C=O) groups is 1. The minimum absolute atomic E-state index is 0.0160. The van der Waals surface area contributed by atoms with Crippen molar-refractivity contribution in [2.45, 2.75) is 20.3 Å². The molecule has 0 heterocycles. The van der Waals surface area contributed by atoms with Gasteiger partial charge in [-0.3, -0.25) is 4.79 Å². The average molecular weight is 208 g/mol. The van der Waals surface area contributed by atoms with E-state index in [1.807, 2.05) is 44.4 Å². The molecule has 0 rings (SSSR count). The monoisotopic (exact) mass is 208 g/mol. The first-order valence-corrected chi connectivity index (χ1v) is 5.01. The number of nitrogens with zero attached hydrogens (tertiary/aromatic N) is 1. The fraction of sp³-hybridized carbons (Fsp3) is 0.500. The van der Waals surface area contributed by atoms with Gasteiger partial charge in [0, 0.05) is 26.7 Å². The first kappa shape index (κ1) is 13.6. The van der Waals surface area contributed by atoms with Gasteiger partial charge in [-0.25, -0.2) is 0 Å². The number of nitrogens with one attached hydrogen (secondary N) is 1. The molecule has 1 amide bonds. The van der Waals surface area contributed by atoms with Crippen LogP contribution in [0.25, 0.3) is 0 Å². The Morgan fingerprint density at radius 1 is 1.40 bits per heavy atom. The molecule has 0 fully saturated rings. The van der Waals surface area contributed by atoms with Crippen LogP contribution in [0.4, 0.5) is 0 Å². The van der Waals surface area contributed by atoms with Crippen molar-refractivity contribution in [1.29, 1.82) is 0 Å². The summed E-state index contributed by atoms with van der Waals surface area (Å²) in [7, 11) is 3.39. The van der Waals surface area contributed by atoms with Gasteiger partial charge >= 0.3 is 0 Å². The second kappa shape index (κ2) is 6.98. The summed E-state index contributed by atoms with van der Waals surface area (Å²) in [6, 6.07) is 0. The lowest BCUT2D eigenvalue weighted by Gasteiger charge is -2.17. The Morgan fingerprint density at radius 3 is 2.60 bits per heavy atom. The molecule has 0 saturated carbocycles. The van der Waals surface area contributed by atoms with E-state index >= 15 is 0 Å². The summed E-state index contributed by atoms with van der Waals surface area (Å²) in [5.41, 5.74) is -0.460. The average Bonchev–Trinajstić information content (AvgIpc) is 2.22. The van der Waals surface area contributed by atoms with Crippen LogP contribution < -0.4 is 5.32 Å². The molecule has 0 aliphatic rings. The summed E-state index contributed by atoms with van der Waals surface area (Å²) in [4.78, 5) is 15.3. The van der Waals surface area contributed by atoms with E-state index in [1.54, 1.807) is 14.1 Å². The topological polar surface area (TPSA) is 41.5 Å². The molecule has 0 atom stereocenters. The first-order valence-electron chi connectivity index (χ1n) is 5.01. The Bertz CT molecular complexity index is 275. The lowest BCUT2D eigenvalue weighted by atomic mass is 9.92. The van der Waals surface area contributed by atoms with E-state index in [9.17, 15) is 4.79 Å². The number of hydrogen-bond donors (Lipinski definition) is 1. The summed E-state index contributed by atoms with van der Waals surface area (Å²) in [6.07, 6.45) is 10.3. The van der Waals surface area contributed by atoms with E-state index in [0.29, 0.717) is 0 Å². The maximum Gasteiger partial charge on any atom is 0.229 e. The van der Waals surface area contributed by atoms with Crippen LogP contribution in [0.1, 0.15) is 20.3 Å². The molecule has 0 saturated heterocycles. The molecule has 15 heavy (non-hydrogen) atoms. The van der Waals surface area contributed by atoms with Crippen molar-refractivity contribution in [3.8, 4) is 0 Å². The van der Waals surface area contributed by atoms with Gasteiger partial charge in [-0.1, -0.05) is 24.3 Å². The van der Waals surface area contributed by atoms with Crippen LogP contribution in [0.15, 0.2) is 29.3 Å². The Labute approximate surface area is 92.0 Å². The molecule has 0 spiro atoms. The number of carbonyl (C=O) groups excluding carboxylic acids is 1. The maximum atomic E-state index is 11.4. The molecule has 1 N–H and O–H groups in total.